The molecule has 0 aromatic heterocycles. The van der Waals surface area contributed by atoms with Crippen LogP contribution in [0.25, 0.3) is 0 Å². The first-order valence-electron chi connectivity index (χ1n) is 8.76. The lowest BCUT2D eigenvalue weighted by Gasteiger charge is -2.19. The van der Waals surface area contributed by atoms with Crippen LogP contribution < -0.4 is 9.03 Å². The number of nitrogens with one attached hydrogen (secondary N) is 1. The number of rotatable bonds is 5. The first-order valence-corrected chi connectivity index (χ1v) is 12.2. The van der Waals surface area contributed by atoms with E-state index in [1.807, 2.05) is 0 Å². The monoisotopic (exact) mass is 456 g/mol. The Bertz CT molecular complexity index is 1170. The quantitative estimate of drug-likeness (QED) is 0.745. The third kappa shape index (κ3) is 4.32. The van der Waals surface area contributed by atoms with Gasteiger partial charge in [-0.15, -0.1) is 0 Å². The normalized spacial score (nSPS) is 18.2. The Kier molecular flexibility index (Phi) is 5.55. The van der Waals surface area contributed by atoms with Crippen molar-refractivity contribution in [3.63, 3.8) is 0 Å². The Balaban J connectivity index is 1.87. The summed E-state index contributed by atoms with van der Waals surface area (Å²) in [6, 6.07) is 10.8. The van der Waals surface area contributed by atoms with Crippen LogP contribution in [0.15, 0.2) is 47.4 Å². The Morgan fingerprint density at radius 1 is 1.14 bits per heavy atom. The average molecular weight is 457 g/mol. The molecule has 1 N–H and O–H groups in total. The smallest absolute Gasteiger partial charge is 0.247 e. The van der Waals surface area contributed by atoms with Gasteiger partial charge in [0.25, 0.3) is 0 Å². The topological polar surface area (TPSA) is 101 Å². The molecule has 0 unspecified atom stereocenters. The zero-order valence-corrected chi connectivity index (χ0v) is 18.5. The number of hydrogen-bond donors (Lipinski definition) is 1. The molecular weight excluding hydrogens is 436 g/mol. The van der Waals surface area contributed by atoms with Crippen molar-refractivity contribution in [3.8, 4) is 0 Å². The second kappa shape index (κ2) is 7.39. The number of benzene rings is 2. The van der Waals surface area contributed by atoms with Crippen molar-refractivity contribution in [2.45, 2.75) is 32.2 Å². The third-order valence-corrected chi connectivity index (χ3v) is 8.48. The van der Waals surface area contributed by atoms with E-state index >= 15 is 0 Å². The van der Waals surface area contributed by atoms with Crippen molar-refractivity contribution in [1.29, 1.82) is 0 Å². The molecule has 0 radical (unpaired) electrons. The highest BCUT2D eigenvalue weighted by Crippen LogP contribution is 2.36. The van der Waals surface area contributed by atoms with Gasteiger partial charge < -0.3 is 0 Å². The van der Waals surface area contributed by atoms with Gasteiger partial charge in [0.05, 0.1) is 21.8 Å². The molecular formula is C19H21ClN2O5S2. The number of nitrogens with zero attached hydrogens (tertiary/aromatic N) is 1. The van der Waals surface area contributed by atoms with Crippen molar-refractivity contribution in [2.24, 2.45) is 5.41 Å². The fourth-order valence-corrected chi connectivity index (χ4v) is 6.65. The van der Waals surface area contributed by atoms with Crippen LogP contribution in [0.2, 0.25) is 5.02 Å². The SMILES string of the molecule is Cc1cc(N2C(=O)C(C)(C)CS2(=O)=O)ccc1S(=O)(=O)NCc1ccc(Cl)cc1. The standard InChI is InChI=1S/C19H21ClN2O5S2/c1-13-10-16(22-18(23)19(2,3)12-28(22,24)25)8-9-17(13)29(26,27)21-11-14-4-6-15(20)7-5-14/h4-10,21H,11-12H2,1-3H3. The molecule has 1 saturated heterocycles. The molecule has 1 aliphatic heterocycles. The lowest BCUT2D eigenvalue weighted by Crippen LogP contribution is -2.33. The number of anilines is 1. The summed E-state index contributed by atoms with van der Waals surface area (Å²) in [6.45, 7) is 4.77. The molecule has 156 valence electrons. The van der Waals surface area contributed by atoms with Gasteiger partial charge in [0.1, 0.15) is 0 Å². The van der Waals surface area contributed by atoms with Crippen LogP contribution in [-0.2, 0) is 31.4 Å². The molecule has 10 heteroatoms. The van der Waals surface area contributed by atoms with Gasteiger partial charge in [-0.05, 0) is 62.2 Å². The maximum absolute atomic E-state index is 12.7. The fraction of sp³-hybridized carbons (Fsp3) is 0.316. The summed E-state index contributed by atoms with van der Waals surface area (Å²) in [7, 11) is -7.64. The Morgan fingerprint density at radius 3 is 2.28 bits per heavy atom. The molecule has 0 spiro atoms. The summed E-state index contributed by atoms with van der Waals surface area (Å²) in [6.07, 6.45) is 0. The average Bonchev–Trinajstić information content (AvgIpc) is 2.77. The first-order chi connectivity index (χ1) is 13.3. The zero-order valence-electron chi connectivity index (χ0n) is 16.1. The number of carbonyl (C=O) groups is 1. The first kappa shape index (κ1) is 21.8. The van der Waals surface area contributed by atoms with Crippen LogP contribution in [0.1, 0.15) is 25.0 Å². The minimum absolute atomic E-state index is 0.0125. The van der Waals surface area contributed by atoms with E-state index in [1.165, 1.54) is 18.2 Å². The van der Waals surface area contributed by atoms with E-state index < -0.39 is 31.4 Å². The molecule has 29 heavy (non-hydrogen) atoms. The van der Waals surface area contributed by atoms with Crippen LogP contribution in [-0.4, -0.2) is 28.5 Å². The molecule has 1 aliphatic rings. The second-order valence-electron chi connectivity index (χ2n) is 7.61. The number of carbonyl (C=O) groups excluding carboxylic acids is 1. The van der Waals surface area contributed by atoms with E-state index in [0.29, 0.717) is 10.6 Å². The lowest BCUT2D eigenvalue weighted by molar-refractivity contribution is -0.123. The molecule has 0 atom stereocenters. The Morgan fingerprint density at radius 2 is 1.76 bits per heavy atom. The molecule has 3 rings (SSSR count). The summed E-state index contributed by atoms with van der Waals surface area (Å²) >= 11 is 5.83. The number of halogens is 1. The van der Waals surface area contributed by atoms with Crippen molar-refractivity contribution in [1.82, 2.24) is 4.72 Å². The second-order valence-corrected chi connectivity index (χ2v) is 11.6. The van der Waals surface area contributed by atoms with Gasteiger partial charge in [0.15, 0.2) is 0 Å². The number of sulfonamides is 2. The summed E-state index contributed by atoms with van der Waals surface area (Å²) in [5.41, 5.74) is 0.175. The van der Waals surface area contributed by atoms with Gasteiger partial charge in [0.2, 0.25) is 26.0 Å². The molecule has 1 heterocycles. The van der Waals surface area contributed by atoms with Gasteiger partial charge in [-0.25, -0.2) is 25.9 Å². The molecule has 0 saturated carbocycles. The maximum atomic E-state index is 12.7. The highest BCUT2D eigenvalue weighted by Gasteiger charge is 2.50. The summed E-state index contributed by atoms with van der Waals surface area (Å²) in [4.78, 5) is 12.5. The highest BCUT2D eigenvalue weighted by atomic mass is 35.5. The highest BCUT2D eigenvalue weighted by molar-refractivity contribution is 7.94. The van der Waals surface area contributed by atoms with Crippen LogP contribution in [0.5, 0.6) is 0 Å². The van der Waals surface area contributed by atoms with E-state index in [0.717, 1.165) is 9.87 Å². The van der Waals surface area contributed by atoms with E-state index in [2.05, 4.69) is 4.72 Å². The molecule has 1 fully saturated rings. The number of amides is 1. The molecule has 1 amide bonds. The predicted octanol–water partition coefficient (Wildman–Crippen LogP) is 2.83. The van der Waals surface area contributed by atoms with Gasteiger partial charge in [-0.1, -0.05) is 23.7 Å². The van der Waals surface area contributed by atoms with E-state index in [-0.39, 0.29) is 22.9 Å². The molecule has 0 bridgehead atoms. The Labute approximate surface area is 175 Å². The van der Waals surface area contributed by atoms with Crippen molar-refractivity contribution in [2.75, 3.05) is 10.1 Å². The van der Waals surface area contributed by atoms with Gasteiger partial charge in [-0.2, -0.15) is 0 Å². The van der Waals surface area contributed by atoms with Gasteiger partial charge in [0, 0.05) is 11.6 Å². The third-order valence-electron chi connectivity index (χ3n) is 4.65. The van der Waals surface area contributed by atoms with Crippen molar-refractivity contribution in [3.05, 3.63) is 58.6 Å². The molecule has 2 aromatic rings. The maximum Gasteiger partial charge on any atom is 0.247 e. The van der Waals surface area contributed by atoms with Crippen molar-refractivity contribution < 1.29 is 21.6 Å². The number of aryl methyl sites for hydroxylation is 1. The number of hydrogen-bond acceptors (Lipinski definition) is 5. The minimum atomic E-state index is -3.84. The minimum Gasteiger partial charge on any atom is -0.273 e. The van der Waals surface area contributed by atoms with Crippen LogP contribution >= 0.6 is 11.6 Å². The van der Waals surface area contributed by atoms with Crippen LogP contribution in [0.3, 0.4) is 0 Å². The van der Waals surface area contributed by atoms with Gasteiger partial charge >= 0.3 is 0 Å². The largest absolute Gasteiger partial charge is 0.273 e. The zero-order chi connectivity index (χ0) is 21.6. The predicted molar refractivity (Wildman–Crippen MR) is 112 cm³/mol. The van der Waals surface area contributed by atoms with Gasteiger partial charge in [-0.3, -0.25) is 4.79 Å². The van der Waals surface area contributed by atoms with Crippen LogP contribution in [0.4, 0.5) is 5.69 Å². The fourth-order valence-electron chi connectivity index (χ4n) is 3.18. The Hall–Kier alpha value is -1.94. The summed E-state index contributed by atoms with van der Waals surface area (Å²) in [5.74, 6) is -0.825. The molecule has 7 nitrogen and oxygen atoms in total. The van der Waals surface area contributed by atoms with E-state index in [9.17, 15) is 21.6 Å². The summed E-state index contributed by atoms with van der Waals surface area (Å²) in [5, 5.41) is 0.553. The van der Waals surface area contributed by atoms with E-state index in [1.54, 1.807) is 45.0 Å². The van der Waals surface area contributed by atoms with E-state index in [4.69, 9.17) is 11.6 Å². The van der Waals surface area contributed by atoms with Crippen molar-refractivity contribution >= 4 is 43.2 Å². The summed E-state index contributed by atoms with van der Waals surface area (Å²) < 4.78 is 53.5. The molecule has 2 aromatic carbocycles. The molecule has 0 aliphatic carbocycles. The van der Waals surface area contributed by atoms with Crippen LogP contribution in [0, 0.1) is 12.3 Å². The lowest BCUT2D eigenvalue weighted by atomic mass is 9.95.